The highest BCUT2D eigenvalue weighted by Crippen LogP contribution is 2.29. The highest BCUT2D eigenvalue weighted by atomic mass is 32.2. The number of piperazine rings is 1. The number of allylic oxidation sites excluding steroid dienone is 2. The maximum absolute atomic E-state index is 12.3. The number of carbonyl (C=O) groups excluding carboxylic acids is 1. The molecule has 1 fully saturated rings. The molecule has 29 heavy (non-hydrogen) atoms. The summed E-state index contributed by atoms with van der Waals surface area (Å²) in [6.45, 7) is 3.48. The fraction of sp³-hybridized carbons (Fsp3) is 0.217. The Balaban J connectivity index is 1.33. The van der Waals surface area contributed by atoms with Crippen molar-refractivity contribution in [2.24, 2.45) is 4.99 Å². The fourth-order valence-electron chi connectivity index (χ4n) is 3.31. The second-order valence-corrected chi connectivity index (χ2v) is 7.78. The number of amides is 1. The molecule has 6 heteroatoms. The molecular formula is C23H23N3O2S. The Morgan fingerprint density at radius 1 is 0.966 bits per heavy atom. The number of hydrogen-bond acceptors (Lipinski definition) is 5. The minimum Gasteiger partial charge on any atom is -0.497 e. The number of amidine groups is 1. The summed E-state index contributed by atoms with van der Waals surface area (Å²) in [6, 6.07) is 18.2. The monoisotopic (exact) mass is 405 g/mol. The van der Waals surface area contributed by atoms with E-state index < -0.39 is 0 Å². The van der Waals surface area contributed by atoms with Gasteiger partial charge in [-0.05, 0) is 47.7 Å². The van der Waals surface area contributed by atoms with Crippen molar-refractivity contribution in [1.29, 1.82) is 0 Å². The molecule has 2 aromatic rings. The fourth-order valence-corrected chi connectivity index (χ4v) is 4.22. The molecule has 148 valence electrons. The van der Waals surface area contributed by atoms with Crippen LogP contribution in [0, 0.1) is 0 Å². The number of methoxy groups -OCH3 is 1. The van der Waals surface area contributed by atoms with Crippen LogP contribution in [0.4, 0.5) is 5.69 Å². The van der Waals surface area contributed by atoms with Gasteiger partial charge >= 0.3 is 0 Å². The molecule has 0 atom stereocenters. The van der Waals surface area contributed by atoms with E-state index in [2.05, 4.69) is 26.9 Å². The van der Waals surface area contributed by atoms with Crippen LogP contribution in [0.25, 0.3) is 6.08 Å². The molecule has 4 rings (SSSR count). The Morgan fingerprint density at radius 2 is 1.66 bits per heavy atom. The zero-order valence-corrected chi connectivity index (χ0v) is 17.1. The largest absolute Gasteiger partial charge is 0.497 e. The highest BCUT2D eigenvalue weighted by molar-refractivity contribution is 8.18. The lowest BCUT2D eigenvalue weighted by atomic mass is 10.2. The molecule has 0 spiro atoms. The van der Waals surface area contributed by atoms with E-state index in [4.69, 9.17) is 4.74 Å². The third kappa shape index (κ3) is 4.71. The number of nitrogens with zero attached hydrogens (tertiary/aromatic N) is 3. The van der Waals surface area contributed by atoms with Gasteiger partial charge in [-0.3, -0.25) is 4.79 Å². The van der Waals surface area contributed by atoms with Gasteiger partial charge in [-0.2, -0.15) is 4.99 Å². The van der Waals surface area contributed by atoms with Crippen molar-refractivity contribution in [3.8, 4) is 5.75 Å². The van der Waals surface area contributed by atoms with E-state index in [9.17, 15) is 4.79 Å². The average molecular weight is 406 g/mol. The van der Waals surface area contributed by atoms with Crippen molar-refractivity contribution in [3.05, 3.63) is 77.2 Å². The van der Waals surface area contributed by atoms with E-state index in [0.717, 1.165) is 42.7 Å². The molecule has 2 aromatic carbocycles. The molecule has 0 N–H and O–H groups in total. The van der Waals surface area contributed by atoms with Crippen LogP contribution in [0.2, 0.25) is 0 Å². The zero-order chi connectivity index (χ0) is 20.1. The van der Waals surface area contributed by atoms with E-state index in [1.54, 1.807) is 7.11 Å². The first-order valence-corrected chi connectivity index (χ1v) is 10.4. The Kier molecular flexibility index (Phi) is 6.00. The Bertz CT molecular complexity index is 944. The number of aliphatic imine (C=N–C) groups is 1. The average Bonchev–Trinajstić information content (AvgIpc) is 3.15. The van der Waals surface area contributed by atoms with Crippen molar-refractivity contribution >= 4 is 34.6 Å². The second kappa shape index (κ2) is 9.01. The van der Waals surface area contributed by atoms with E-state index in [1.165, 1.54) is 17.4 Å². The SMILES string of the molecule is COc1ccc(N2CCN(C3=NC(=O)C(=CC=Cc4ccccc4)S3)CC2)cc1. The second-order valence-electron chi connectivity index (χ2n) is 6.77. The third-order valence-corrected chi connectivity index (χ3v) is 6.00. The van der Waals surface area contributed by atoms with Gasteiger partial charge in [0.25, 0.3) is 5.91 Å². The third-order valence-electron chi connectivity index (χ3n) is 4.93. The summed E-state index contributed by atoms with van der Waals surface area (Å²) >= 11 is 1.46. The Labute approximate surface area is 175 Å². The van der Waals surface area contributed by atoms with E-state index >= 15 is 0 Å². The molecule has 0 bridgehead atoms. The predicted octanol–water partition coefficient (Wildman–Crippen LogP) is 4.04. The lowest BCUT2D eigenvalue weighted by Crippen LogP contribution is -2.47. The number of rotatable bonds is 4. The molecule has 0 unspecified atom stereocenters. The first-order chi connectivity index (χ1) is 14.2. The normalized spacial score (nSPS) is 18.6. The number of benzene rings is 2. The van der Waals surface area contributed by atoms with Crippen LogP contribution in [0.3, 0.4) is 0 Å². The Hall–Kier alpha value is -2.99. The van der Waals surface area contributed by atoms with E-state index in [1.807, 2.05) is 60.7 Å². The van der Waals surface area contributed by atoms with Gasteiger partial charge in [0.1, 0.15) is 5.75 Å². The summed E-state index contributed by atoms with van der Waals surface area (Å²) in [7, 11) is 1.68. The van der Waals surface area contributed by atoms with Crippen LogP contribution in [0.1, 0.15) is 5.56 Å². The van der Waals surface area contributed by atoms with E-state index in [-0.39, 0.29) is 5.91 Å². The molecule has 0 aromatic heterocycles. The molecule has 2 aliphatic heterocycles. The molecule has 2 heterocycles. The van der Waals surface area contributed by atoms with Gasteiger partial charge in [0.05, 0.1) is 12.0 Å². The summed E-state index contributed by atoms with van der Waals surface area (Å²) < 4.78 is 5.23. The van der Waals surface area contributed by atoms with Crippen LogP contribution in [0.15, 0.2) is 76.6 Å². The topological polar surface area (TPSA) is 45.1 Å². The van der Waals surface area contributed by atoms with Gasteiger partial charge in [-0.1, -0.05) is 42.5 Å². The molecule has 1 saturated heterocycles. The summed E-state index contributed by atoms with van der Waals surface area (Å²) in [6.07, 6.45) is 5.76. The van der Waals surface area contributed by atoms with Crippen molar-refractivity contribution < 1.29 is 9.53 Å². The predicted molar refractivity (Wildman–Crippen MR) is 120 cm³/mol. The number of ether oxygens (including phenoxy) is 1. The maximum atomic E-state index is 12.3. The smallest absolute Gasteiger partial charge is 0.286 e. The van der Waals surface area contributed by atoms with Gasteiger partial charge in [0.15, 0.2) is 5.17 Å². The number of carbonyl (C=O) groups is 1. The van der Waals surface area contributed by atoms with Crippen LogP contribution >= 0.6 is 11.8 Å². The molecule has 0 aliphatic carbocycles. The highest BCUT2D eigenvalue weighted by Gasteiger charge is 2.28. The van der Waals surface area contributed by atoms with Crippen molar-refractivity contribution in [2.75, 3.05) is 38.2 Å². The van der Waals surface area contributed by atoms with Crippen LogP contribution in [-0.2, 0) is 4.79 Å². The lowest BCUT2D eigenvalue weighted by Gasteiger charge is -2.36. The molecule has 5 nitrogen and oxygen atoms in total. The molecular weight excluding hydrogens is 382 g/mol. The van der Waals surface area contributed by atoms with Crippen LogP contribution in [0.5, 0.6) is 5.75 Å². The number of thioether (sulfide) groups is 1. The molecule has 1 amide bonds. The molecule has 2 aliphatic rings. The summed E-state index contributed by atoms with van der Waals surface area (Å²) in [5, 5.41) is 0.809. The van der Waals surface area contributed by atoms with Crippen LogP contribution < -0.4 is 9.64 Å². The molecule has 0 saturated carbocycles. The Morgan fingerprint density at radius 3 is 2.34 bits per heavy atom. The molecule has 0 radical (unpaired) electrons. The maximum Gasteiger partial charge on any atom is 0.286 e. The van der Waals surface area contributed by atoms with Gasteiger partial charge in [-0.25, -0.2) is 0 Å². The summed E-state index contributed by atoms with van der Waals surface area (Å²) in [4.78, 5) is 21.7. The van der Waals surface area contributed by atoms with Crippen molar-refractivity contribution in [3.63, 3.8) is 0 Å². The standard InChI is InChI=1S/C23H23N3O2S/c1-28-20-12-10-19(11-13-20)25-14-16-26(17-15-25)23-24-22(27)21(29-23)9-5-8-18-6-3-2-4-7-18/h2-13H,14-17H2,1H3. The summed E-state index contributed by atoms with van der Waals surface area (Å²) in [5.41, 5.74) is 2.30. The van der Waals surface area contributed by atoms with Crippen molar-refractivity contribution in [1.82, 2.24) is 4.90 Å². The summed E-state index contributed by atoms with van der Waals surface area (Å²) in [5.74, 6) is 0.712. The van der Waals surface area contributed by atoms with Gasteiger partial charge < -0.3 is 14.5 Å². The van der Waals surface area contributed by atoms with Crippen molar-refractivity contribution in [2.45, 2.75) is 0 Å². The quantitative estimate of drug-likeness (QED) is 0.719. The van der Waals surface area contributed by atoms with Gasteiger partial charge in [0.2, 0.25) is 0 Å². The van der Waals surface area contributed by atoms with E-state index in [0.29, 0.717) is 4.91 Å². The van der Waals surface area contributed by atoms with Gasteiger partial charge in [0, 0.05) is 31.9 Å². The number of anilines is 1. The number of hydrogen-bond donors (Lipinski definition) is 0. The lowest BCUT2D eigenvalue weighted by molar-refractivity contribution is -0.113. The minimum atomic E-state index is -0.153. The first kappa shape index (κ1) is 19.3. The zero-order valence-electron chi connectivity index (χ0n) is 16.3. The first-order valence-electron chi connectivity index (χ1n) is 9.61. The van der Waals surface area contributed by atoms with Crippen LogP contribution in [-0.4, -0.2) is 49.3 Å². The minimum absolute atomic E-state index is 0.153. The van der Waals surface area contributed by atoms with Gasteiger partial charge in [-0.15, -0.1) is 0 Å².